The molecule has 4 heteroatoms. The minimum atomic E-state index is -0.588. The number of nitriles is 1. The van der Waals surface area contributed by atoms with Gasteiger partial charge in [0.1, 0.15) is 0 Å². The lowest BCUT2D eigenvalue weighted by Crippen LogP contribution is -2.01. The number of hydrogen-bond acceptors (Lipinski definition) is 3. The average Bonchev–Trinajstić information content (AvgIpc) is 2.83. The van der Waals surface area contributed by atoms with Crippen LogP contribution in [-0.2, 0) is 6.42 Å². The SMILES string of the molecule is N#Cc1ccc(CC(O)c2cnc[nH]2)cc1. The van der Waals surface area contributed by atoms with Crippen molar-refractivity contribution in [2.24, 2.45) is 0 Å². The van der Waals surface area contributed by atoms with Gasteiger partial charge < -0.3 is 10.1 Å². The molecule has 1 atom stereocenters. The Kier molecular flexibility index (Phi) is 2.99. The van der Waals surface area contributed by atoms with Gasteiger partial charge in [0.25, 0.3) is 0 Å². The summed E-state index contributed by atoms with van der Waals surface area (Å²) in [7, 11) is 0. The molecule has 1 aromatic heterocycles. The summed E-state index contributed by atoms with van der Waals surface area (Å²) in [4.78, 5) is 6.72. The number of benzene rings is 1. The molecule has 0 radical (unpaired) electrons. The first kappa shape index (κ1) is 10.4. The molecule has 0 aliphatic carbocycles. The summed E-state index contributed by atoms with van der Waals surface area (Å²) in [5.41, 5.74) is 2.31. The number of H-pyrrole nitrogens is 1. The molecule has 0 fully saturated rings. The van der Waals surface area contributed by atoms with Crippen molar-refractivity contribution in [3.05, 3.63) is 53.6 Å². The van der Waals surface area contributed by atoms with Crippen molar-refractivity contribution in [2.75, 3.05) is 0 Å². The first-order valence-electron chi connectivity index (χ1n) is 4.95. The van der Waals surface area contributed by atoms with E-state index in [1.54, 1.807) is 18.3 Å². The van der Waals surface area contributed by atoms with Crippen LogP contribution < -0.4 is 0 Å². The van der Waals surface area contributed by atoms with Crippen molar-refractivity contribution in [2.45, 2.75) is 12.5 Å². The first-order chi connectivity index (χ1) is 7.79. The molecule has 4 nitrogen and oxygen atoms in total. The van der Waals surface area contributed by atoms with Gasteiger partial charge in [-0.15, -0.1) is 0 Å². The predicted molar refractivity (Wildman–Crippen MR) is 58.4 cm³/mol. The molecule has 0 aliphatic rings. The summed E-state index contributed by atoms with van der Waals surface area (Å²) < 4.78 is 0. The Labute approximate surface area is 93.2 Å². The highest BCUT2D eigenvalue weighted by atomic mass is 16.3. The van der Waals surface area contributed by atoms with E-state index in [0.29, 0.717) is 17.7 Å². The fraction of sp³-hybridized carbons (Fsp3) is 0.167. The minimum Gasteiger partial charge on any atom is -0.386 e. The van der Waals surface area contributed by atoms with Crippen LogP contribution in [0.2, 0.25) is 0 Å². The number of aromatic amines is 1. The zero-order valence-corrected chi connectivity index (χ0v) is 8.59. The Balaban J connectivity index is 2.07. The van der Waals surface area contributed by atoms with E-state index in [-0.39, 0.29) is 0 Å². The van der Waals surface area contributed by atoms with E-state index in [4.69, 9.17) is 5.26 Å². The molecule has 0 bridgehead atoms. The van der Waals surface area contributed by atoms with E-state index in [1.807, 2.05) is 12.1 Å². The summed E-state index contributed by atoms with van der Waals surface area (Å²) in [6.45, 7) is 0. The highest BCUT2D eigenvalue weighted by Crippen LogP contribution is 2.15. The molecule has 0 saturated carbocycles. The Morgan fingerprint density at radius 3 is 2.69 bits per heavy atom. The van der Waals surface area contributed by atoms with E-state index >= 15 is 0 Å². The van der Waals surface area contributed by atoms with Gasteiger partial charge in [-0.05, 0) is 17.7 Å². The largest absolute Gasteiger partial charge is 0.386 e. The van der Waals surface area contributed by atoms with Gasteiger partial charge in [0.2, 0.25) is 0 Å². The van der Waals surface area contributed by atoms with Gasteiger partial charge in [-0.25, -0.2) is 4.98 Å². The monoisotopic (exact) mass is 213 g/mol. The maximum absolute atomic E-state index is 9.85. The Morgan fingerprint density at radius 1 is 1.38 bits per heavy atom. The van der Waals surface area contributed by atoms with Gasteiger partial charge >= 0.3 is 0 Å². The standard InChI is InChI=1S/C12H11N3O/c13-6-10-3-1-9(2-4-10)5-12(16)11-7-14-8-15-11/h1-4,7-8,12,16H,5H2,(H,14,15). The maximum Gasteiger partial charge on any atom is 0.0993 e. The Hall–Kier alpha value is -2.12. The minimum absolute atomic E-state index is 0.508. The number of hydrogen-bond donors (Lipinski definition) is 2. The third kappa shape index (κ3) is 2.27. The maximum atomic E-state index is 9.85. The number of aliphatic hydroxyl groups excluding tert-OH is 1. The van der Waals surface area contributed by atoms with Crippen LogP contribution >= 0.6 is 0 Å². The highest BCUT2D eigenvalue weighted by molar-refractivity contribution is 5.32. The van der Waals surface area contributed by atoms with Crippen LogP contribution in [0, 0.1) is 11.3 Å². The fourth-order valence-corrected chi connectivity index (χ4v) is 1.50. The second kappa shape index (κ2) is 4.60. The van der Waals surface area contributed by atoms with Crippen LogP contribution in [0.15, 0.2) is 36.8 Å². The van der Waals surface area contributed by atoms with Crippen molar-refractivity contribution < 1.29 is 5.11 Å². The second-order valence-corrected chi connectivity index (χ2v) is 3.54. The summed E-state index contributed by atoms with van der Waals surface area (Å²) in [5.74, 6) is 0. The molecule has 2 aromatic rings. The van der Waals surface area contributed by atoms with Crippen molar-refractivity contribution >= 4 is 0 Å². The van der Waals surface area contributed by atoms with Gasteiger partial charge in [-0.2, -0.15) is 5.26 Å². The topological polar surface area (TPSA) is 72.7 Å². The van der Waals surface area contributed by atoms with E-state index in [1.165, 1.54) is 6.33 Å². The molecule has 0 spiro atoms. The predicted octanol–water partition coefficient (Wildman–Crippen LogP) is 1.56. The molecule has 1 aromatic carbocycles. The zero-order chi connectivity index (χ0) is 11.4. The first-order valence-corrected chi connectivity index (χ1v) is 4.95. The molecule has 1 heterocycles. The van der Waals surface area contributed by atoms with Crippen molar-refractivity contribution in [3.63, 3.8) is 0 Å². The third-order valence-electron chi connectivity index (χ3n) is 2.39. The number of imidazole rings is 1. The van der Waals surface area contributed by atoms with E-state index in [9.17, 15) is 5.11 Å². The third-order valence-corrected chi connectivity index (χ3v) is 2.39. The van der Waals surface area contributed by atoms with Crippen LogP contribution in [0.25, 0.3) is 0 Å². The van der Waals surface area contributed by atoms with E-state index in [2.05, 4.69) is 16.0 Å². The number of nitrogens with one attached hydrogen (secondary N) is 1. The van der Waals surface area contributed by atoms with Crippen LogP contribution in [0.3, 0.4) is 0 Å². The van der Waals surface area contributed by atoms with Crippen LogP contribution in [0.5, 0.6) is 0 Å². The van der Waals surface area contributed by atoms with E-state index < -0.39 is 6.10 Å². The van der Waals surface area contributed by atoms with Crippen LogP contribution in [0.1, 0.15) is 22.9 Å². The molecule has 0 amide bonds. The fourth-order valence-electron chi connectivity index (χ4n) is 1.50. The van der Waals surface area contributed by atoms with Crippen molar-refractivity contribution in [1.29, 1.82) is 5.26 Å². The second-order valence-electron chi connectivity index (χ2n) is 3.54. The van der Waals surface area contributed by atoms with Crippen LogP contribution in [0.4, 0.5) is 0 Å². The molecule has 2 rings (SSSR count). The highest BCUT2D eigenvalue weighted by Gasteiger charge is 2.09. The van der Waals surface area contributed by atoms with E-state index in [0.717, 1.165) is 5.56 Å². The molecule has 16 heavy (non-hydrogen) atoms. The Morgan fingerprint density at radius 2 is 2.12 bits per heavy atom. The van der Waals surface area contributed by atoms with Crippen molar-refractivity contribution in [1.82, 2.24) is 9.97 Å². The molecule has 2 N–H and O–H groups in total. The smallest absolute Gasteiger partial charge is 0.0993 e. The lowest BCUT2D eigenvalue weighted by Gasteiger charge is -2.08. The van der Waals surface area contributed by atoms with Gasteiger partial charge in [-0.3, -0.25) is 0 Å². The average molecular weight is 213 g/mol. The normalized spacial score (nSPS) is 12.0. The molecule has 0 aliphatic heterocycles. The van der Waals surface area contributed by atoms with Gasteiger partial charge in [0, 0.05) is 6.42 Å². The quantitative estimate of drug-likeness (QED) is 0.812. The lowest BCUT2D eigenvalue weighted by atomic mass is 10.0. The van der Waals surface area contributed by atoms with Gasteiger partial charge in [0.05, 0.1) is 36.0 Å². The number of rotatable bonds is 3. The molecule has 1 unspecified atom stereocenters. The number of aromatic nitrogens is 2. The van der Waals surface area contributed by atoms with Crippen molar-refractivity contribution in [3.8, 4) is 6.07 Å². The number of nitrogens with zero attached hydrogens (tertiary/aromatic N) is 2. The lowest BCUT2D eigenvalue weighted by molar-refractivity contribution is 0.174. The summed E-state index contributed by atoms with van der Waals surface area (Å²) in [6.07, 6.45) is 3.06. The van der Waals surface area contributed by atoms with Gasteiger partial charge in [-0.1, -0.05) is 12.1 Å². The zero-order valence-electron chi connectivity index (χ0n) is 8.59. The molecule has 0 saturated heterocycles. The molecular formula is C12H11N3O. The summed E-state index contributed by atoms with van der Waals surface area (Å²) in [6, 6.07) is 9.24. The summed E-state index contributed by atoms with van der Waals surface area (Å²) >= 11 is 0. The molecule has 80 valence electrons. The Bertz CT molecular complexity index is 482. The van der Waals surface area contributed by atoms with Crippen LogP contribution in [-0.4, -0.2) is 15.1 Å². The van der Waals surface area contributed by atoms with Gasteiger partial charge in [0.15, 0.2) is 0 Å². The molecular weight excluding hydrogens is 202 g/mol. The summed E-state index contributed by atoms with van der Waals surface area (Å²) in [5, 5.41) is 18.5. The number of aliphatic hydroxyl groups is 1.